The first kappa shape index (κ1) is 20.1. The molecular formula is C20H31N3O3. The van der Waals surface area contributed by atoms with Gasteiger partial charge in [0.25, 0.3) is 0 Å². The van der Waals surface area contributed by atoms with Crippen LogP contribution in [0, 0.1) is 5.92 Å². The minimum absolute atomic E-state index is 0.0685. The molecule has 0 aliphatic carbocycles. The van der Waals surface area contributed by atoms with Crippen LogP contribution in [0.5, 0.6) is 0 Å². The van der Waals surface area contributed by atoms with Crippen LogP contribution in [0.3, 0.4) is 0 Å². The number of ether oxygens (including phenoxy) is 1. The molecule has 0 bridgehead atoms. The minimum Gasteiger partial charge on any atom is -0.449 e. The molecule has 6 nitrogen and oxygen atoms in total. The van der Waals surface area contributed by atoms with E-state index in [0.29, 0.717) is 6.61 Å². The van der Waals surface area contributed by atoms with Crippen molar-refractivity contribution in [3.8, 4) is 0 Å². The van der Waals surface area contributed by atoms with Crippen LogP contribution in [0.4, 0.5) is 4.79 Å². The number of allylic oxidation sites excluding steroid dienone is 3. The summed E-state index contributed by atoms with van der Waals surface area (Å²) in [5.41, 5.74) is 0.892. The summed E-state index contributed by atoms with van der Waals surface area (Å²) >= 11 is 0. The van der Waals surface area contributed by atoms with Crippen molar-refractivity contribution in [1.82, 2.24) is 15.1 Å². The molecule has 1 N–H and O–H groups in total. The van der Waals surface area contributed by atoms with E-state index in [2.05, 4.69) is 31.0 Å². The molecule has 0 aromatic heterocycles. The average molecular weight is 361 g/mol. The quantitative estimate of drug-likeness (QED) is 0.815. The fourth-order valence-corrected chi connectivity index (χ4v) is 2.95. The highest BCUT2D eigenvalue weighted by Gasteiger charge is 2.28. The second-order valence-corrected chi connectivity index (χ2v) is 7.34. The lowest BCUT2D eigenvalue weighted by Gasteiger charge is -2.35. The van der Waals surface area contributed by atoms with E-state index in [0.717, 1.165) is 38.0 Å². The third-order valence-electron chi connectivity index (χ3n) is 4.97. The molecule has 0 spiro atoms. The summed E-state index contributed by atoms with van der Waals surface area (Å²) in [5, 5.41) is 3.15. The Morgan fingerprint density at radius 1 is 1.23 bits per heavy atom. The standard InChI is InChI=1S/C20H31N3O3/c1-5-20(3,4)21-18(24)16-9-13-22(14-10-16)17-8-7-12-23(15-11-17)19(25)26-6-2/h7-8,11-12,15-16H,5-6,9-10,13-14H2,1-4H3,(H,21,24). The molecule has 144 valence electrons. The maximum absolute atomic E-state index is 12.5. The van der Waals surface area contributed by atoms with Gasteiger partial charge in [0.05, 0.1) is 6.61 Å². The lowest BCUT2D eigenvalue weighted by atomic mass is 9.93. The first-order chi connectivity index (χ1) is 12.4. The van der Waals surface area contributed by atoms with Crippen molar-refractivity contribution in [2.24, 2.45) is 5.92 Å². The molecule has 0 atom stereocenters. The number of nitrogens with one attached hydrogen (secondary N) is 1. The number of rotatable bonds is 5. The van der Waals surface area contributed by atoms with E-state index < -0.39 is 0 Å². The summed E-state index contributed by atoms with van der Waals surface area (Å²) in [5.74, 6) is 0.231. The van der Waals surface area contributed by atoms with E-state index in [1.807, 2.05) is 18.2 Å². The second kappa shape index (κ2) is 8.92. The van der Waals surface area contributed by atoms with Crippen LogP contribution in [-0.2, 0) is 9.53 Å². The van der Waals surface area contributed by atoms with Crippen LogP contribution in [0.2, 0.25) is 0 Å². The topological polar surface area (TPSA) is 61.9 Å². The third kappa shape index (κ3) is 5.38. The van der Waals surface area contributed by atoms with Crippen molar-refractivity contribution in [3.05, 3.63) is 36.3 Å². The molecule has 0 aromatic carbocycles. The van der Waals surface area contributed by atoms with Crippen molar-refractivity contribution < 1.29 is 14.3 Å². The lowest BCUT2D eigenvalue weighted by molar-refractivity contribution is -0.128. The van der Waals surface area contributed by atoms with Gasteiger partial charge in [0.2, 0.25) is 5.91 Å². The van der Waals surface area contributed by atoms with Gasteiger partial charge in [-0.25, -0.2) is 4.79 Å². The zero-order valence-corrected chi connectivity index (χ0v) is 16.3. The molecular weight excluding hydrogens is 330 g/mol. The molecule has 1 saturated heterocycles. The Labute approximate surface area is 156 Å². The van der Waals surface area contributed by atoms with Crippen molar-refractivity contribution in [3.63, 3.8) is 0 Å². The molecule has 1 fully saturated rings. The Morgan fingerprint density at radius 3 is 2.54 bits per heavy atom. The van der Waals surface area contributed by atoms with Crippen LogP contribution in [0.15, 0.2) is 36.3 Å². The highest BCUT2D eigenvalue weighted by Crippen LogP contribution is 2.23. The van der Waals surface area contributed by atoms with Gasteiger partial charge >= 0.3 is 6.09 Å². The average Bonchev–Trinajstić information content (AvgIpc) is 2.88. The van der Waals surface area contributed by atoms with E-state index in [9.17, 15) is 9.59 Å². The fourth-order valence-electron chi connectivity index (χ4n) is 2.95. The highest BCUT2D eigenvalue weighted by molar-refractivity contribution is 5.79. The van der Waals surface area contributed by atoms with Gasteiger partial charge in [-0.3, -0.25) is 9.69 Å². The summed E-state index contributed by atoms with van der Waals surface area (Å²) in [7, 11) is 0. The number of likely N-dealkylation sites (tertiary alicyclic amines) is 1. The van der Waals surface area contributed by atoms with Gasteiger partial charge in [-0.15, -0.1) is 0 Å². The number of hydrogen-bond donors (Lipinski definition) is 1. The number of carbonyl (C=O) groups is 2. The Hall–Kier alpha value is -2.24. The summed E-state index contributed by atoms with van der Waals surface area (Å²) in [6.07, 6.45) is 11.3. The number of hydrogen-bond acceptors (Lipinski definition) is 4. The third-order valence-corrected chi connectivity index (χ3v) is 4.97. The summed E-state index contributed by atoms with van der Waals surface area (Å²) in [6, 6.07) is 0. The molecule has 0 aromatic rings. The predicted molar refractivity (Wildman–Crippen MR) is 102 cm³/mol. The van der Waals surface area contributed by atoms with Gasteiger partial charge in [0, 0.05) is 42.6 Å². The van der Waals surface area contributed by atoms with Gasteiger partial charge in [-0.05, 0) is 58.3 Å². The first-order valence-electron chi connectivity index (χ1n) is 9.45. The minimum atomic E-state index is -0.386. The molecule has 0 unspecified atom stereocenters. The normalized spacial score (nSPS) is 18.4. The monoisotopic (exact) mass is 361 g/mol. The zero-order valence-electron chi connectivity index (χ0n) is 16.3. The molecule has 0 radical (unpaired) electrons. The second-order valence-electron chi connectivity index (χ2n) is 7.34. The molecule has 26 heavy (non-hydrogen) atoms. The summed E-state index contributed by atoms with van der Waals surface area (Å²) < 4.78 is 5.01. The van der Waals surface area contributed by atoms with Crippen molar-refractivity contribution >= 4 is 12.0 Å². The molecule has 2 amide bonds. The molecule has 0 saturated carbocycles. The first-order valence-corrected chi connectivity index (χ1v) is 9.45. The summed E-state index contributed by atoms with van der Waals surface area (Å²) in [6.45, 7) is 9.99. The van der Waals surface area contributed by atoms with Crippen molar-refractivity contribution in [2.75, 3.05) is 19.7 Å². The van der Waals surface area contributed by atoms with Gasteiger partial charge in [0.1, 0.15) is 0 Å². The maximum atomic E-state index is 12.5. The van der Waals surface area contributed by atoms with E-state index in [1.165, 1.54) is 4.90 Å². The smallest absolute Gasteiger partial charge is 0.417 e. The lowest BCUT2D eigenvalue weighted by Crippen LogP contribution is -2.48. The van der Waals surface area contributed by atoms with Gasteiger partial charge in [-0.1, -0.05) is 6.92 Å². The number of carbonyl (C=O) groups excluding carboxylic acids is 2. The Kier molecular flexibility index (Phi) is 6.89. The van der Waals surface area contributed by atoms with Gasteiger partial charge in [0.15, 0.2) is 0 Å². The maximum Gasteiger partial charge on any atom is 0.417 e. The Morgan fingerprint density at radius 2 is 1.92 bits per heavy atom. The Bertz CT molecular complexity index is 599. The number of amides is 2. The van der Waals surface area contributed by atoms with Crippen molar-refractivity contribution in [2.45, 2.75) is 52.5 Å². The van der Waals surface area contributed by atoms with E-state index in [4.69, 9.17) is 4.74 Å². The molecule has 2 rings (SSSR count). The van der Waals surface area contributed by atoms with Crippen LogP contribution < -0.4 is 5.32 Å². The molecule has 2 aliphatic heterocycles. The highest BCUT2D eigenvalue weighted by atomic mass is 16.5. The van der Waals surface area contributed by atoms with Crippen LogP contribution in [0.25, 0.3) is 0 Å². The zero-order chi connectivity index (χ0) is 19.2. The molecule has 6 heteroatoms. The molecule has 2 heterocycles. The number of nitrogens with zero attached hydrogens (tertiary/aromatic N) is 2. The van der Waals surface area contributed by atoms with Crippen LogP contribution in [0.1, 0.15) is 47.0 Å². The van der Waals surface area contributed by atoms with Crippen LogP contribution in [-0.4, -0.2) is 47.0 Å². The fraction of sp³-hybridized carbons (Fsp3) is 0.600. The van der Waals surface area contributed by atoms with Gasteiger partial charge in [-0.2, -0.15) is 0 Å². The van der Waals surface area contributed by atoms with E-state index in [-0.39, 0.29) is 23.5 Å². The number of piperidine rings is 1. The van der Waals surface area contributed by atoms with Crippen LogP contribution >= 0.6 is 0 Å². The van der Waals surface area contributed by atoms with E-state index in [1.54, 1.807) is 19.3 Å². The summed E-state index contributed by atoms with van der Waals surface area (Å²) in [4.78, 5) is 28.0. The predicted octanol–water partition coefficient (Wildman–Crippen LogP) is 3.39. The van der Waals surface area contributed by atoms with E-state index >= 15 is 0 Å². The van der Waals surface area contributed by atoms with Crippen molar-refractivity contribution in [1.29, 1.82) is 0 Å². The largest absolute Gasteiger partial charge is 0.449 e. The SMILES string of the molecule is CCOC(=O)N1C=CC=C(N2CCC(C(=O)NC(C)(C)CC)CC2)C=C1. The Balaban J connectivity index is 1.89. The van der Waals surface area contributed by atoms with Gasteiger partial charge < -0.3 is 15.0 Å². The molecule has 2 aliphatic rings.